The zero-order valence-corrected chi connectivity index (χ0v) is 25.4. The molecule has 0 fully saturated rings. The minimum absolute atomic E-state index is 0.0174. The molecule has 13 heteroatoms. The van der Waals surface area contributed by atoms with Gasteiger partial charge in [0.15, 0.2) is 5.65 Å². The summed E-state index contributed by atoms with van der Waals surface area (Å²) in [5, 5.41) is 19.8. The summed E-state index contributed by atoms with van der Waals surface area (Å²) in [7, 11) is 0. The second-order valence-corrected chi connectivity index (χ2v) is 11.3. The number of urea groups is 1. The molecule has 0 spiro atoms. The number of hydrogen-bond donors (Lipinski definition) is 3. The van der Waals surface area contributed by atoms with E-state index in [4.69, 9.17) is 4.74 Å². The van der Waals surface area contributed by atoms with E-state index < -0.39 is 23.4 Å². The number of aryl methyl sites for hydroxylation is 1. The fourth-order valence-corrected chi connectivity index (χ4v) is 4.83. The average Bonchev–Trinajstić information content (AvgIpc) is 3.44. The molecule has 3 N–H and O–H groups in total. The molecule has 10 nitrogen and oxygen atoms in total. The van der Waals surface area contributed by atoms with Crippen LogP contribution in [0.25, 0.3) is 27.9 Å². The predicted octanol–water partition coefficient (Wildman–Crippen LogP) is 7.84. The van der Waals surface area contributed by atoms with Crippen molar-refractivity contribution in [3.63, 3.8) is 0 Å². The highest BCUT2D eigenvalue weighted by molar-refractivity contribution is 6.02. The normalized spacial score (nSPS) is 11.8. The van der Waals surface area contributed by atoms with Crippen molar-refractivity contribution in [3.8, 4) is 34.0 Å². The number of aromatic nitrogens is 5. The molecule has 0 aliphatic heterocycles. The molecule has 0 aliphatic carbocycles. The standard InChI is InChI=1S/C34H28F3N7O3/c1-20-13-14-44-30(41-20)28(19-40-44)21-7-10-26(11-8-21)47-32-38-17-25(18-39-32)42-31(45)43-29-16-24(34(35,36)37)9-12-27(29)22-5-4-6-23(15-22)33(2,3)46/h4-19,46H,1-3H3,(H2,42,43,45). The maximum Gasteiger partial charge on any atom is 0.416 e. The third-order valence-electron chi connectivity index (χ3n) is 7.24. The van der Waals surface area contributed by atoms with Crippen LogP contribution in [-0.4, -0.2) is 35.7 Å². The number of nitrogens with one attached hydrogen (secondary N) is 2. The van der Waals surface area contributed by atoms with Crippen molar-refractivity contribution in [3.05, 3.63) is 114 Å². The molecule has 0 radical (unpaired) electrons. The fourth-order valence-electron chi connectivity index (χ4n) is 4.83. The summed E-state index contributed by atoms with van der Waals surface area (Å²) < 4.78 is 48.1. The van der Waals surface area contributed by atoms with E-state index in [1.165, 1.54) is 18.5 Å². The van der Waals surface area contributed by atoms with Crippen LogP contribution in [0.3, 0.4) is 0 Å². The van der Waals surface area contributed by atoms with E-state index in [2.05, 4.69) is 30.7 Å². The van der Waals surface area contributed by atoms with Crippen molar-refractivity contribution in [2.24, 2.45) is 0 Å². The molecule has 0 aliphatic rings. The van der Waals surface area contributed by atoms with Gasteiger partial charge in [0.05, 0.1) is 41.1 Å². The van der Waals surface area contributed by atoms with Crippen LogP contribution in [0, 0.1) is 6.92 Å². The van der Waals surface area contributed by atoms with E-state index in [0.717, 1.165) is 34.6 Å². The molecule has 0 saturated heterocycles. The van der Waals surface area contributed by atoms with Crippen LogP contribution >= 0.6 is 0 Å². The van der Waals surface area contributed by atoms with Gasteiger partial charge in [-0.05, 0) is 73.9 Å². The third kappa shape index (κ3) is 7.05. The number of carbonyl (C=O) groups is 1. The van der Waals surface area contributed by atoms with Gasteiger partial charge in [0.25, 0.3) is 0 Å². The Bertz CT molecular complexity index is 2070. The Morgan fingerprint density at radius 3 is 2.30 bits per heavy atom. The maximum absolute atomic E-state index is 13.6. The van der Waals surface area contributed by atoms with Crippen LogP contribution in [0.5, 0.6) is 11.8 Å². The minimum atomic E-state index is -4.63. The number of rotatable bonds is 7. The van der Waals surface area contributed by atoms with Crippen LogP contribution < -0.4 is 15.4 Å². The number of carbonyl (C=O) groups excluding carboxylic acids is 1. The lowest BCUT2D eigenvalue weighted by Crippen LogP contribution is -2.21. The largest absolute Gasteiger partial charge is 0.424 e. The molecule has 0 unspecified atom stereocenters. The molecule has 6 rings (SSSR count). The van der Waals surface area contributed by atoms with Crippen molar-refractivity contribution in [1.82, 2.24) is 24.6 Å². The number of anilines is 2. The zero-order valence-electron chi connectivity index (χ0n) is 25.4. The van der Waals surface area contributed by atoms with Gasteiger partial charge in [0.1, 0.15) is 5.75 Å². The Labute approximate surface area is 266 Å². The van der Waals surface area contributed by atoms with Gasteiger partial charge in [-0.1, -0.05) is 36.4 Å². The van der Waals surface area contributed by atoms with E-state index in [-0.39, 0.29) is 17.4 Å². The molecule has 47 heavy (non-hydrogen) atoms. The number of aliphatic hydroxyl groups is 1. The molecule has 0 saturated carbocycles. The summed E-state index contributed by atoms with van der Waals surface area (Å²) in [6, 6.07) is 18.1. The molecule has 3 heterocycles. The summed E-state index contributed by atoms with van der Waals surface area (Å²) in [5.41, 5.74) is 2.76. The number of alkyl halides is 3. The van der Waals surface area contributed by atoms with Crippen molar-refractivity contribution in [1.29, 1.82) is 0 Å². The Morgan fingerprint density at radius 2 is 1.60 bits per heavy atom. The number of halogens is 3. The summed E-state index contributed by atoms with van der Waals surface area (Å²) in [6.45, 7) is 5.11. The molecular weight excluding hydrogens is 611 g/mol. The van der Waals surface area contributed by atoms with E-state index in [1.807, 2.05) is 31.3 Å². The van der Waals surface area contributed by atoms with Gasteiger partial charge in [-0.15, -0.1) is 0 Å². The van der Waals surface area contributed by atoms with Crippen LogP contribution in [0.1, 0.15) is 30.7 Å². The summed E-state index contributed by atoms with van der Waals surface area (Å²) in [4.78, 5) is 25.7. The number of amides is 2. The second kappa shape index (κ2) is 12.2. The lowest BCUT2D eigenvalue weighted by Gasteiger charge is -2.20. The van der Waals surface area contributed by atoms with Crippen molar-refractivity contribution in [2.75, 3.05) is 10.6 Å². The monoisotopic (exact) mass is 639 g/mol. The van der Waals surface area contributed by atoms with Gasteiger partial charge < -0.3 is 20.5 Å². The first-order chi connectivity index (χ1) is 22.3. The zero-order chi connectivity index (χ0) is 33.3. The first kappa shape index (κ1) is 31.2. The van der Waals surface area contributed by atoms with Crippen LogP contribution in [-0.2, 0) is 11.8 Å². The van der Waals surface area contributed by atoms with E-state index in [0.29, 0.717) is 22.4 Å². The van der Waals surface area contributed by atoms with Crippen molar-refractivity contribution >= 4 is 23.1 Å². The van der Waals surface area contributed by atoms with Gasteiger partial charge in [-0.2, -0.15) is 18.3 Å². The van der Waals surface area contributed by atoms with E-state index >= 15 is 0 Å². The highest BCUT2D eigenvalue weighted by atomic mass is 19.4. The van der Waals surface area contributed by atoms with Crippen LogP contribution in [0.4, 0.5) is 29.3 Å². The minimum Gasteiger partial charge on any atom is -0.424 e. The smallest absolute Gasteiger partial charge is 0.416 e. The summed E-state index contributed by atoms with van der Waals surface area (Å²) >= 11 is 0. The molecule has 6 aromatic rings. The van der Waals surface area contributed by atoms with Crippen LogP contribution in [0.2, 0.25) is 0 Å². The molecule has 3 aromatic heterocycles. The van der Waals surface area contributed by atoms with Crippen LogP contribution in [0.15, 0.2) is 97.6 Å². The number of benzene rings is 3. The summed E-state index contributed by atoms with van der Waals surface area (Å²) in [6.07, 6.45) is 1.58. The third-order valence-corrected chi connectivity index (χ3v) is 7.24. The Balaban J connectivity index is 1.15. The molecular formula is C34H28F3N7O3. The summed E-state index contributed by atoms with van der Waals surface area (Å²) in [5.74, 6) is 0.471. The number of nitrogens with zero attached hydrogens (tertiary/aromatic N) is 5. The maximum atomic E-state index is 13.6. The molecule has 3 aromatic carbocycles. The van der Waals surface area contributed by atoms with Crippen molar-refractivity contribution in [2.45, 2.75) is 32.5 Å². The lowest BCUT2D eigenvalue weighted by atomic mass is 9.93. The van der Waals surface area contributed by atoms with Gasteiger partial charge in [-0.25, -0.2) is 24.3 Å². The van der Waals surface area contributed by atoms with Gasteiger partial charge in [0.2, 0.25) is 0 Å². The highest BCUT2D eigenvalue weighted by Crippen LogP contribution is 2.37. The molecule has 0 bridgehead atoms. The average molecular weight is 640 g/mol. The molecule has 238 valence electrons. The first-order valence-corrected chi connectivity index (χ1v) is 14.4. The van der Waals surface area contributed by atoms with E-state index in [9.17, 15) is 23.1 Å². The topological polar surface area (TPSA) is 127 Å². The Morgan fingerprint density at radius 1 is 0.851 bits per heavy atom. The second-order valence-electron chi connectivity index (χ2n) is 11.3. The SMILES string of the molecule is Cc1ccn2ncc(-c3ccc(Oc4ncc(NC(=O)Nc5cc(C(F)(F)F)ccc5-c5cccc(C(C)(C)O)c5)cn4)cc3)c2n1. The highest BCUT2D eigenvalue weighted by Gasteiger charge is 2.31. The predicted molar refractivity (Wildman–Crippen MR) is 170 cm³/mol. The lowest BCUT2D eigenvalue weighted by molar-refractivity contribution is -0.137. The quantitative estimate of drug-likeness (QED) is 0.162. The van der Waals surface area contributed by atoms with E-state index in [1.54, 1.807) is 61.0 Å². The molecule has 2 amide bonds. The first-order valence-electron chi connectivity index (χ1n) is 14.4. The number of ether oxygens (including phenoxy) is 1. The van der Waals surface area contributed by atoms with Gasteiger partial charge >= 0.3 is 18.2 Å². The molecule has 0 atom stereocenters. The van der Waals surface area contributed by atoms with Gasteiger partial charge in [-0.3, -0.25) is 0 Å². The number of fused-ring (bicyclic) bond motifs is 1. The van der Waals surface area contributed by atoms with Crippen molar-refractivity contribution < 1.29 is 27.8 Å². The Kier molecular flexibility index (Phi) is 8.07. The Hall–Kier alpha value is -5.82. The number of hydrogen-bond acceptors (Lipinski definition) is 7. The van der Waals surface area contributed by atoms with Gasteiger partial charge in [0, 0.05) is 23.0 Å². The fraction of sp³-hybridized carbons (Fsp3) is 0.147.